The number of carboxylic acid groups (broad SMARTS) is 1. The second kappa shape index (κ2) is 2.70. The number of carbonyl (C=O) groups is 2. The van der Waals surface area contributed by atoms with Gasteiger partial charge in [0.25, 0.3) is 0 Å². The number of rotatable bonds is 2. The molecular formula is C8H12N2O3. The van der Waals surface area contributed by atoms with Gasteiger partial charge in [-0.05, 0) is 19.3 Å². The van der Waals surface area contributed by atoms with Crippen LogP contribution in [0.2, 0.25) is 0 Å². The minimum Gasteiger partial charge on any atom is -0.480 e. The van der Waals surface area contributed by atoms with Crippen LogP contribution in [0, 0.1) is 0 Å². The molecule has 0 radical (unpaired) electrons. The Balaban J connectivity index is 1.99. The van der Waals surface area contributed by atoms with Crippen molar-refractivity contribution >= 4 is 11.9 Å². The van der Waals surface area contributed by atoms with Crippen molar-refractivity contribution in [2.24, 2.45) is 0 Å². The topological polar surface area (TPSA) is 69.6 Å². The van der Waals surface area contributed by atoms with Gasteiger partial charge >= 0.3 is 5.97 Å². The number of carboxylic acids is 1. The van der Waals surface area contributed by atoms with Crippen molar-refractivity contribution < 1.29 is 14.7 Å². The third-order valence-corrected chi connectivity index (χ3v) is 2.77. The predicted octanol–water partition coefficient (Wildman–Crippen LogP) is -0.269. The number of amides is 1. The molecule has 0 aromatic carbocycles. The van der Waals surface area contributed by atoms with Crippen molar-refractivity contribution in [1.82, 2.24) is 10.4 Å². The number of hydrogen-bond donors (Lipinski definition) is 2. The van der Waals surface area contributed by atoms with Gasteiger partial charge < -0.3 is 5.11 Å². The lowest BCUT2D eigenvalue weighted by atomic mass is 9.76. The highest BCUT2D eigenvalue weighted by atomic mass is 16.4. The highest BCUT2D eigenvalue weighted by Gasteiger charge is 2.47. The first-order valence-electron chi connectivity index (χ1n) is 4.41. The lowest BCUT2D eigenvalue weighted by molar-refractivity contribution is -0.144. The largest absolute Gasteiger partial charge is 0.480 e. The Morgan fingerprint density at radius 3 is 2.69 bits per heavy atom. The van der Waals surface area contributed by atoms with Crippen LogP contribution in [-0.2, 0) is 9.59 Å². The SMILES string of the molecule is O=C(O)CN1NC2(CCC2)CC1=O. The Bertz CT molecular complexity index is 260. The zero-order valence-electron chi connectivity index (χ0n) is 7.25. The molecular weight excluding hydrogens is 172 g/mol. The first-order valence-corrected chi connectivity index (χ1v) is 4.41. The number of carbonyl (C=O) groups excluding carboxylic acids is 1. The summed E-state index contributed by atoms with van der Waals surface area (Å²) in [6.45, 7) is -0.236. The van der Waals surface area contributed by atoms with Crippen molar-refractivity contribution in [1.29, 1.82) is 0 Å². The van der Waals surface area contributed by atoms with Crippen LogP contribution in [0.5, 0.6) is 0 Å². The fraction of sp³-hybridized carbons (Fsp3) is 0.750. The summed E-state index contributed by atoms with van der Waals surface area (Å²) < 4.78 is 0. The number of aliphatic carboxylic acids is 1. The molecule has 1 saturated heterocycles. The van der Waals surface area contributed by atoms with Gasteiger partial charge in [-0.15, -0.1) is 0 Å². The number of nitrogens with one attached hydrogen (secondary N) is 1. The van der Waals surface area contributed by atoms with Gasteiger partial charge in [-0.3, -0.25) is 14.6 Å². The monoisotopic (exact) mass is 184 g/mol. The van der Waals surface area contributed by atoms with Crippen LogP contribution < -0.4 is 5.43 Å². The summed E-state index contributed by atoms with van der Waals surface area (Å²) in [6, 6.07) is 0. The molecule has 0 aromatic rings. The molecule has 2 rings (SSSR count). The van der Waals surface area contributed by atoms with E-state index >= 15 is 0 Å². The van der Waals surface area contributed by atoms with Crippen molar-refractivity contribution in [3.8, 4) is 0 Å². The molecule has 5 nitrogen and oxygen atoms in total. The fourth-order valence-electron chi connectivity index (χ4n) is 1.93. The van der Waals surface area contributed by atoms with Crippen molar-refractivity contribution in [2.45, 2.75) is 31.2 Å². The van der Waals surface area contributed by atoms with Gasteiger partial charge in [0, 0.05) is 12.0 Å². The van der Waals surface area contributed by atoms with Gasteiger partial charge in [0.2, 0.25) is 5.91 Å². The first kappa shape index (κ1) is 8.50. The molecule has 72 valence electrons. The normalized spacial score (nSPS) is 24.9. The highest BCUT2D eigenvalue weighted by Crippen LogP contribution is 2.38. The van der Waals surface area contributed by atoms with E-state index in [-0.39, 0.29) is 18.0 Å². The third-order valence-electron chi connectivity index (χ3n) is 2.77. The maximum absolute atomic E-state index is 11.3. The lowest BCUT2D eigenvalue weighted by Gasteiger charge is -2.37. The molecule has 1 aliphatic heterocycles. The maximum atomic E-state index is 11.3. The molecule has 1 heterocycles. The second-order valence-electron chi connectivity index (χ2n) is 3.80. The van der Waals surface area contributed by atoms with Gasteiger partial charge in [-0.2, -0.15) is 0 Å². The summed E-state index contributed by atoms with van der Waals surface area (Å²) in [5, 5.41) is 9.74. The molecule has 5 heteroatoms. The Hall–Kier alpha value is -1.10. The highest BCUT2D eigenvalue weighted by molar-refractivity contribution is 5.83. The summed E-state index contributed by atoms with van der Waals surface area (Å²) in [7, 11) is 0. The van der Waals surface area contributed by atoms with Gasteiger partial charge in [0.1, 0.15) is 6.54 Å². The smallest absolute Gasteiger partial charge is 0.324 e. The second-order valence-corrected chi connectivity index (χ2v) is 3.80. The standard InChI is InChI=1S/C8H12N2O3/c11-6-4-8(2-1-3-8)9-10(6)5-7(12)13/h9H,1-5H2,(H,12,13). The van der Waals surface area contributed by atoms with E-state index in [9.17, 15) is 9.59 Å². The molecule has 0 bridgehead atoms. The fourth-order valence-corrected chi connectivity index (χ4v) is 1.93. The molecule has 2 aliphatic rings. The van der Waals surface area contributed by atoms with E-state index in [0.29, 0.717) is 6.42 Å². The number of nitrogens with zero attached hydrogens (tertiary/aromatic N) is 1. The van der Waals surface area contributed by atoms with Crippen LogP contribution in [0.25, 0.3) is 0 Å². The van der Waals surface area contributed by atoms with E-state index in [1.54, 1.807) is 0 Å². The van der Waals surface area contributed by atoms with Crippen molar-refractivity contribution in [3.05, 3.63) is 0 Å². The lowest BCUT2D eigenvalue weighted by Crippen LogP contribution is -2.51. The summed E-state index contributed by atoms with van der Waals surface area (Å²) in [5.41, 5.74) is 2.90. The summed E-state index contributed by atoms with van der Waals surface area (Å²) in [6.07, 6.45) is 3.55. The predicted molar refractivity (Wildman–Crippen MR) is 43.7 cm³/mol. The Morgan fingerprint density at radius 1 is 1.62 bits per heavy atom. The minimum absolute atomic E-state index is 0.0907. The van der Waals surface area contributed by atoms with Gasteiger partial charge in [0.05, 0.1) is 0 Å². The summed E-state index contributed by atoms with van der Waals surface area (Å²) in [4.78, 5) is 21.7. The van der Waals surface area contributed by atoms with Gasteiger partial charge in [-0.25, -0.2) is 5.43 Å². The summed E-state index contributed by atoms with van der Waals surface area (Å²) in [5.74, 6) is -1.07. The van der Waals surface area contributed by atoms with E-state index in [0.717, 1.165) is 19.3 Å². The maximum Gasteiger partial charge on any atom is 0.324 e. The van der Waals surface area contributed by atoms with Crippen LogP contribution in [0.15, 0.2) is 0 Å². The van der Waals surface area contributed by atoms with Crippen LogP contribution in [-0.4, -0.2) is 34.1 Å². The minimum atomic E-state index is -0.975. The molecule has 13 heavy (non-hydrogen) atoms. The number of hydrazine groups is 1. The molecule has 1 spiro atoms. The molecule has 0 atom stereocenters. The summed E-state index contributed by atoms with van der Waals surface area (Å²) >= 11 is 0. The molecule has 1 amide bonds. The zero-order valence-corrected chi connectivity index (χ0v) is 7.25. The average Bonchev–Trinajstić information content (AvgIpc) is 2.27. The van der Waals surface area contributed by atoms with E-state index in [2.05, 4.69) is 5.43 Å². The molecule has 2 fully saturated rings. The van der Waals surface area contributed by atoms with Crippen LogP contribution in [0.1, 0.15) is 25.7 Å². The molecule has 1 saturated carbocycles. The Morgan fingerprint density at radius 2 is 2.31 bits per heavy atom. The van der Waals surface area contributed by atoms with Crippen LogP contribution >= 0.6 is 0 Å². The van der Waals surface area contributed by atoms with Gasteiger partial charge in [0.15, 0.2) is 0 Å². The van der Waals surface area contributed by atoms with Crippen LogP contribution in [0.4, 0.5) is 0 Å². The van der Waals surface area contributed by atoms with E-state index < -0.39 is 5.97 Å². The van der Waals surface area contributed by atoms with Crippen LogP contribution in [0.3, 0.4) is 0 Å². The Kier molecular flexibility index (Phi) is 1.76. The molecule has 2 N–H and O–H groups in total. The molecule has 1 aliphatic carbocycles. The van der Waals surface area contributed by atoms with Crippen molar-refractivity contribution in [3.63, 3.8) is 0 Å². The van der Waals surface area contributed by atoms with E-state index in [1.807, 2.05) is 0 Å². The van der Waals surface area contributed by atoms with Gasteiger partial charge in [-0.1, -0.05) is 0 Å². The number of hydrogen-bond acceptors (Lipinski definition) is 3. The molecule has 0 aromatic heterocycles. The van der Waals surface area contributed by atoms with E-state index in [1.165, 1.54) is 5.01 Å². The zero-order chi connectivity index (χ0) is 9.47. The quantitative estimate of drug-likeness (QED) is 0.619. The average molecular weight is 184 g/mol. The molecule has 0 unspecified atom stereocenters. The Labute approximate surface area is 75.7 Å². The van der Waals surface area contributed by atoms with Crippen molar-refractivity contribution in [2.75, 3.05) is 6.54 Å². The first-order chi connectivity index (χ1) is 6.11. The third kappa shape index (κ3) is 1.39. The van der Waals surface area contributed by atoms with E-state index in [4.69, 9.17) is 5.11 Å².